The van der Waals surface area contributed by atoms with Crippen molar-refractivity contribution in [2.45, 2.75) is 102 Å². The Balaban J connectivity index is 1.91. The minimum absolute atomic E-state index is 0.0757. The van der Waals surface area contributed by atoms with Crippen molar-refractivity contribution in [1.82, 2.24) is 24.6 Å². The summed E-state index contributed by atoms with van der Waals surface area (Å²) in [7, 11) is 0. The second-order valence-corrected chi connectivity index (χ2v) is 13.5. The number of alkyl carbamates (subject to hydrolysis) is 1. The number of hydrogen-bond donors (Lipinski definition) is 2. The molecule has 204 valence electrons. The SMILES string of the molecule is CC(C)(C)OC(=O)N[C@H](c1cn2ncc([C@@H](CC#N)N[S+]([O-])C(C)(C)C)cc2n1)C1CCC(F)(F)CC1. The number of amides is 1. The molecule has 1 unspecified atom stereocenters. The summed E-state index contributed by atoms with van der Waals surface area (Å²) in [6, 6.07) is 2.68. The fourth-order valence-electron chi connectivity index (χ4n) is 4.14. The van der Waals surface area contributed by atoms with Crippen molar-refractivity contribution in [3.05, 3.63) is 29.7 Å². The first kappa shape index (κ1) is 29.1. The second kappa shape index (κ2) is 11.1. The van der Waals surface area contributed by atoms with E-state index < -0.39 is 45.8 Å². The maximum Gasteiger partial charge on any atom is 0.408 e. The molecule has 2 aromatic heterocycles. The van der Waals surface area contributed by atoms with Crippen molar-refractivity contribution < 1.29 is 22.9 Å². The van der Waals surface area contributed by atoms with Gasteiger partial charge in [-0.15, -0.1) is 4.72 Å². The van der Waals surface area contributed by atoms with Crippen LogP contribution in [0.2, 0.25) is 0 Å². The molecule has 1 aliphatic rings. The Morgan fingerprint density at radius 2 is 1.97 bits per heavy atom. The molecular weight excluding hydrogens is 502 g/mol. The number of nitrogens with zero attached hydrogens (tertiary/aromatic N) is 4. The van der Waals surface area contributed by atoms with E-state index in [-0.39, 0.29) is 38.0 Å². The van der Waals surface area contributed by atoms with E-state index in [1.165, 1.54) is 4.52 Å². The predicted octanol–water partition coefficient (Wildman–Crippen LogP) is 5.13. The Morgan fingerprint density at radius 1 is 1.32 bits per heavy atom. The van der Waals surface area contributed by atoms with E-state index in [2.05, 4.69) is 26.2 Å². The Hall–Kier alpha value is -2.49. The Bertz CT molecular complexity index is 1130. The van der Waals surface area contributed by atoms with Crippen LogP contribution in [0, 0.1) is 17.2 Å². The van der Waals surface area contributed by atoms with Crippen molar-refractivity contribution >= 4 is 23.1 Å². The maximum absolute atomic E-state index is 13.9. The number of halogens is 2. The average Bonchev–Trinajstić information content (AvgIpc) is 3.18. The summed E-state index contributed by atoms with van der Waals surface area (Å²) in [5, 5.41) is 16.6. The highest BCUT2D eigenvalue weighted by Gasteiger charge is 2.40. The number of hydrogen-bond acceptors (Lipinski definition) is 7. The number of rotatable bonds is 7. The van der Waals surface area contributed by atoms with Crippen LogP contribution in [0.25, 0.3) is 5.65 Å². The number of carbonyl (C=O) groups is 1. The molecule has 37 heavy (non-hydrogen) atoms. The van der Waals surface area contributed by atoms with Crippen molar-refractivity contribution in [1.29, 1.82) is 5.26 Å². The summed E-state index contributed by atoms with van der Waals surface area (Å²) in [6.45, 7) is 10.7. The van der Waals surface area contributed by atoms with E-state index in [4.69, 9.17) is 4.74 Å². The molecule has 0 aromatic carbocycles. The number of ether oxygens (including phenoxy) is 1. The molecular formula is C25H36F2N6O3S. The lowest BCUT2D eigenvalue weighted by molar-refractivity contribution is -0.0500. The highest BCUT2D eigenvalue weighted by molar-refractivity contribution is 7.90. The summed E-state index contributed by atoms with van der Waals surface area (Å²) >= 11 is -1.41. The van der Waals surface area contributed by atoms with E-state index in [1.807, 2.05) is 20.8 Å². The molecule has 0 saturated heterocycles. The third kappa shape index (κ3) is 7.99. The highest BCUT2D eigenvalue weighted by Crippen LogP contribution is 2.41. The third-order valence-corrected chi connectivity index (χ3v) is 7.70. The van der Waals surface area contributed by atoms with Crippen LogP contribution in [0.1, 0.15) is 97.0 Å². The number of fused-ring (bicyclic) bond motifs is 1. The smallest absolute Gasteiger partial charge is 0.408 e. The summed E-state index contributed by atoms with van der Waals surface area (Å²) in [5.41, 5.74) is 0.849. The molecule has 0 bridgehead atoms. The zero-order valence-electron chi connectivity index (χ0n) is 22.2. The van der Waals surface area contributed by atoms with E-state index in [0.717, 1.165) is 0 Å². The molecule has 0 radical (unpaired) electrons. The van der Waals surface area contributed by atoms with Crippen LogP contribution in [0.5, 0.6) is 0 Å². The molecule has 0 aliphatic heterocycles. The zero-order chi connectivity index (χ0) is 27.6. The Labute approximate surface area is 219 Å². The first-order valence-electron chi connectivity index (χ1n) is 12.4. The van der Waals surface area contributed by atoms with Crippen LogP contribution in [-0.2, 0) is 16.1 Å². The van der Waals surface area contributed by atoms with Gasteiger partial charge in [-0.3, -0.25) is 0 Å². The lowest BCUT2D eigenvalue weighted by Crippen LogP contribution is -2.41. The lowest BCUT2D eigenvalue weighted by atomic mass is 9.81. The predicted molar refractivity (Wildman–Crippen MR) is 136 cm³/mol. The van der Waals surface area contributed by atoms with E-state index in [1.54, 1.807) is 39.2 Å². The minimum atomic E-state index is -2.71. The largest absolute Gasteiger partial charge is 0.598 e. The quantitative estimate of drug-likeness (QED) is 0.468. The number of nitriles is 1. The first-order chi connectivity index (χ1) is 17.1. The summed E-state index contributed by atoms with van der Waals surface area (Å²) in [4.78, 5) is 17.3. The summed E-state index contributed by atoms with van der Waals surface area (Å²) in [5.74, 6) is -2.96. The fourth-order valence-corrected chi connectivity index (χ4v) is 4.97. The van der Waals surface area contributed by atoms with Crippen molar-refractivity contribution in [2.24, 2.45) is 5.92 Å². The van der Waals surface area contributed by atoms with E-state index >= 15 is 0 Å². The van der Waals surface area contributed by atoms with Gasteiger partial charge in [0.05, 0.1) is 42.7 Å². The topological polar surface area (TPSA) is 127 Å². The van der Waals surface area contributed by atoms with Crippen LogP contribution in [0.4, 0.5) is 13.6 Å². The van der Waals surface area contributed by atoms with Crippen molar-refractivity contribution in [3.63, 3.8) is 0 Å². The van der Waals surface area contributed by atoms with Gasteiger partial charge in [-0.2, -0.15) is 10.4 Å². The van der Waals surface area contributed by atoms with Crippen LogP contribution in [-0.4, -0.2) is 41.5 Å². The van der Waals surface area contributed by atoms with Gasteiger partial charge in [0, 0.05) is 24.2 Å². The normalized spacial score (nSPS) is 19.1. The van der Waals surface area contributed by atoms with Crippen LogP contribution in [0.15, 0.2) is 18.5 Å². The monoisotopic (exact) mass is 538 g/mol. The number of imidazole rings is 1. The Kier molecular flexibility index (Phi) is 8.71. The van der Waals surface area contributed by atoms with Crippen molar-refractivity contribution in [3.8, 4) is 6.07 Å². The minimum Gasteiger partial charge on any atom is -0.598 e. The lowest BCUT2D eigenvalue weighted by Gasteiger charge is -2.33. The number of nitrogens with one attached hydrogen (secondary N) is 2. The van der Waals surface area contributed by atoms with Gasteiger partial charge in [-0.1, -0.05) is 0 Å². The van der Waals surface area contributed by atoms with Crippen LogP contribution < -0.4 is 10.0 Å². The molecule has 3 rings (SSSR count). The molecule has 1 aliphatic carbocycles. The summed E-state index contributed by atoms with van der Waals surface area (Å²) in [6.07, 6.45) is 2.60. The molecule has 2 aromatic rings. The standard InChI is InChI=1S/C25H36F2N6O3S/c1-23(2,3)36-22(34)31-21(16-7-10-25(26,27)11-8-16)19-15-33-20(30-19)13-17(14-29-33)18(9-12-28)32-37(35)24(4,5)6/h13-16,18,21,32H,7-11H2,1-6H3,(H,31,34)/t18-,21+,37?/m1/s1. The second-order valence-electron chi connectivity index (χ2n) is 11.5. The number of aromatic nitrogens is 3. The van der Waals surface area contributed by atoms with Gasteiger partial charge in [0.2, 0.25) is 5.92 Å². The van der Waals surface area contributed by atoms with Gasteiger partial charge in [-0.05, 0) is 71.9 Å². The molecule has 2 N–H and O–H groups in total. The fraction of sp³-hybridized carbons (Fsp3) is 0.680. The van der Waals surface area contributed by atoms with Gasteiger partial charge in [0.15, 0.2) is 5.65 Å². The average molecular weight is 539 g/mol. The molecule has 1 amide bonds. The number of alkyl halides is 2. The summed E-state index contributed by atoms with van der Waals surface area (Å²) < 4.78 is 49.8. The highest BCUT2D eigenvalue weighted by atomic mass is 32.2. The molecule has 3 atom stereocenters. The van der Waals surface area contributed by atoms with Crippen molar-refractivity contribution in [2.75, 3.05) is 0 Å². The molecule has 9 nitrogen and oxygen atoms in total. The van der Waals surface area contributed by atoms with E-state index in [9.17, 15) is 23.4 Å². The van der Waals surface area contributed by atoms with Gasteiger partial charge >= 0.3 is 6.09 Å². The molecule has 12 heteroatoms. The maximum atomic E-state index is 13.9. The van der Waals surface area contributed by atoms with Gasteiger partial charge < -0.3 is 14.6 Å². The molecule has 1 saturated carbocycles. The molecule has 0 spiro atoms. The third-order valence-electron chi connectivity index (χ3n) is 6.09. The first-order valence-corrected chi connectivity index (χ1v) is 13.5. The molecule has 1 fully saturated rings. The van der Waals surface area contributed by atoms with Crippen LogP contribution >= 0.6 is 0 Å². The van der Waals surface area contributed by atoms with Crippen LogP contribution in [0.3, 0.4) is 0 Å². The number of carbonyl (C=O) groups excluding carboxylic acids is 1. The van der Waals surface area contributed by atoms with Gasteiger partial charge in [0.25, 0.3) is 0 Å². The van der Waals surface area contributed by atoms with E-state index in [0.29, 0.717) is 16.9 Å². The van der Waals surface area contributed by atoms with Gasteiger partial charge in [0.1, 0.15) is 10.3 Å². The molecule has 2 heterocycles. The zero-order valence-corrected chi connectivity index (χ0v) is 23.0. The Morgan fingerprint density at radius 3 is 2.54 bits per heavy atom. The van der Waals surface area contributed by atoms with Gasteiger partial charge in [-0.25, -0.2) is 23.1 Å².